The second-order valence-corrected chi connectivity index (χ2v) is 5.13. The van der Waals surface area contributed by atoms with Gasteiger partial charge in [0.25, 0.3) is 5.69 Å². The molecule has 11 heteroatoms. The predicted molar refractivity (Wildman–Crippen MR) is 88.4 cm³/mol. The van der Waals surface area contributed by atoms with Crippen LogP contribution in [0.15, 0.2) is 42.5 Å². The second-order valence-electron chi connectivity index (χ2n) is 5.13. The molecule has 0 radical (unpaired) electrons. The van der Waals surface area contributed by atoms with Gasteiger partial charge in [0.2, 0.25) is 0 Å². The fourth-order valence-electron chi connectivity index (χ4n) is 2.02. The Balaban J connectivity index is 2.11. The van der Waals surface area contributed by atoms with Crippen LogP contribution in [0.1, 0.15) is 5.56 Å². The number of hydrogen-bond donors (Lipinski definition) is 2. The van der Waals surface area contributed by atoms with E-state index in [1.807, 2.05) is 0 Å². The van der Waals surface area contributed by atoms with E-state index in [9.17, 15) is 32.9 Å². The molecule has 2 aromatic carbocycles. The standard InChI is InChI=1S/C16H12F3N3O5/c1-27-13-7-6-11(22(25)26)8-12(13)21-15(24)14(23)20-10-4-2-9(3-5-10)16(17,18)19/h2-8H,1H3,(H,20,23)(H,21,24). The maximum Gasteiger partial charge on any atom is 0.416 e. The highest BCUT2D eigenvalue weighted by Crippen LogP contribution is 2.30. The molecule has 0 fully saturated rings. The van der Waals surface area contributed by atoms with Crippen LogP contribution in [0, 0.1) is 10.1 Å². The van der Waals surface area contributed by atoms with Gasteiger partial charge in [0.05, 0.1) is 23.3 Å². The van der Waals surface area contributed by atoms with E-state index in [1.54, 1.807) is 0 Å². The molecule has 0 heterocycles. The Bertz CT molecular complexity index is 882. The molecule has 0 aliphatic rings. The number of alkyl halides is 3. The number of hydrogen-bond acceptors (Lipinski definition) is 5. The van der Waals surface area contributed by atoms with Crippen LogP contribution in [0.4, 0.5) is 30.2 Å². The fraction of sp³-hybridized carbons (Fsp3) is 0.125. The summed E-state index contributed by atoms with van der Waals surface area (Å²) in [5.41, 5.74) is -1.39. The van der Waals surface area contributed by atoms with Gasteiger partial charge in [-0.05, 0) is 30.3 Å². The van der Waals surface area contributed by atoms with Gasteiger partial charge >= 0.3 is 18.0 Å². The quantitative estimate of drug-likeness (QED) is 0.479. The molecule has 2 rings (SSSR count). The van der Waals surface area contributed by atoms with Gasteiger partial charge in [-0.3, -0.25) is 19.7 Å². The number of anilines is 2. The molecule has 142 valence electrons. The van der Waals surface area contributed by atoms with E-state index in [4.69, 9.17) is 4.74 Å². The van der Waals surface area contributed by atoms with Crippen molar-refractivity contribution in [1.29, 1.82) is 0 Å². The number of nitro groups is 1. The van der Waals surface area contributed by atoms with E-state index in [0.717, 1.165) is 36.4 Å². The van der Waals surface area contributed by atoms with Crippen LogP contribution in [-0.2, 0) is 15.8 Å². The Morgan fingerprint density at radius 1 is 1.04 bits per heavy atom. The summed E-state index contributed by atoms with van der Waals surface area (Å²) in [5, 5.41) is 15.1. The highest BCUT2D eigenvalue weighted by atomic mass is 19.4. The Labute approximate surface area is 150 Å². The molecular formula is C16H12F3N3O5. The largest absolute Gasteiger partial charge is 0.495 e. The lowest BCUT2D eigenvalue weighted by atomic mass is 10.2. The molecule has 2 amide bonds. The first kappa shape index (κ1) is 19.7. The highest BCUT2D eigenvalue weighted by Gasteiger charge is 2.30. The number of amides is 2. The van der Waals surface area contributed by atoms with Crippen LogP contribution in [0.5, 0.6) is 5.75 Å². The van der Waals surface area contributed by atoms with Crippen LogP contribution in [-0.4, -0.2) is 23.8 Å². The summed E-state index contributed by atoms with van der Waals surface area (Å²) in [4.78, 5) is 34.0. The number of carbonyl (C=O) groups excluding carboxylic acids is 2. The third-order valence-electron chi connectivity index (χ3n) is 3.32. The summed E-state index contributed by atoms with van der Waals surface area (Å²) in [5.74, 6) is -2.28. The molecular weight excluding hydrogens is 371 g/mol. The highest BCUT2D eigenvalue weighted by molar-refractivity contribution is 6.43. The summed E-state index contributed by atoms with van der Waals surface area (Å²) >= 11 is 0. The lowest BCUT2D eigenvalue weighted by Crippen LogP contribution is -2.29. The molecule has 0 saturated carbocycles. The Kier molecular flexibility index (Phi) is 5.63. The first-order chi connectivity index (χ1) is 12.6. The molecule has 0 bridgehead atoms. The summed E-state index contributed by atoms with van der Waals surface area (Å²) in [6, 6.07) is 6.86. The number of carbonyl (C=O) groups is 2. The van der Waals surface area contributed by atoms with E-state index in [0.29, 0.717) is 0 Å². The Hall–Kier alpha value is -3.63. The lowest BCUT2D eigenvalue weighted by molar-refractivity contribution is -0.384. The van der Waals surface area contributed by atoms with Gasteiger partial charge < -0.3 is 15.4 Å². The summed E-state index contributed by atoms with van der Waals surface area (Å²) < 4.78 is 42.5. The average Bonchev–Trinajstić information content (AvgIpc) is 2.61. The number of methoxy groups -OCH3 is 1. The maximum atomic E-state index is 12.5. The number of non-ortho nitro benzene ring substituents is 1. The van der Waals surface area contributed by atoms with Crippen LogP contribution in [0.3, 0.4) is 0 Å². The SMILES string of the molecule is COc1ccc([N+](=O)[O-])cc1NC(=O)C(=O)Nc1ccc(C(F)(F)F)cc1. The Morgan fingerprint density at radius 3 is 2.15 bits per heavy atom. The minimum absolute atomic E-state index is 0.0332. The molecule has 2 aromatic rings. The summed E-state index contributed by atoms with van der Waals surface area (Å²) in [7, 11) is 1.26. The molecule has 0 atom stereocenters. The average molecular weight is 383 g/mol. The molecule has 0 aliphatic heterocycles. The van der Waals surface area contributed by atoms with E-state index >= 15 is 0 Å². The first-order valence-electron chi connectivity index (χ1n) is 7.24. The van der Waals surface area contributed by atoms with Gasteiger partial charge in [-0.2, -0.15) is 13.2 Å². The van der Waals surface area contributed by atoms with Crippen molar-refractivity contribution in [2.24, 2.45) is 0 Å². The zero-order valence-electron chi connectivity index (χ0n) is 13.7. The number of benzene rings is 2. The molecule has 0 unspecified atom stereocenters. The van der Waals surface area contributed by atoms with Gasteiger partial charge in [0.15, 0.2) is 0 Å². The third-order valence-corrected chi connectivity index (χ3v) is 3.32. The first-order valence-corrected chi connectivity index (χ1v) is 7.24. The van der Waals surface area contributed by atoms with Crippen molar-refractivity contribution in [2.45, 2.75) is 6.18 Å². The number of nitrogens with one attached hydrogen (secondary N) is 2. The van der Waals surface area contributed by atoms with Crippen LogP contribution in [0.25, 0.3) is 0 Å². The van der Waals surface area contributed by atoms with Gasteiger partial charge in [0.1, 0.15) is 5.75 Å². The normalized spacial score (nSPS) is 10.8. The van der Waals surface area contributed by atoms with Crippen molar-refractivity contribution in [1.82, 2.24) is 0 Å². The van der Waals surface area contributed by atoms with Crippen LogP contribution >= 0.6 is 0 Å². The molecule has 0 aromatic heterocycles. The number of nitrogens with zero attached hydrogens (tertiary/aromatic N) is 1. The zero-order valence-corrected chi connectivity index (χ0v) is 13.7. The van der Waals surface area contributed by atoms with E-state index in [-0.39, 0.29) is 22.8 Å². The van der Waals surface area contributed by atoms with Crippen molar-refractivity contribution in [3.63, 3.8) is 0 Å². The van der Waals surface area contributed by atoms with Crippen molar-refractivity contribution in [3.8, 4) is 5.75 Å². The number of rotatable bonds is 4. The van der Waals surface area contributed by atoms with E-state index in [2.05, 4.69) is 10.6 Å². The number of nitro benzene ring substituents is 1. The molecule has 0 aliphatic carbocycles. The van der Waals surface area contributed by atoms with Crippen LogP contribution < -0.4 is 15.4 Å². The minimum atomic E-state index is -4.53. The lowest BCUT2D eigenvalue weighted by Gasteiger charge is -2.11. The van der Waals surface area contributed by atoms with Gasteiger partial charge in [-0.15, -0.1) is 0 Å². The minimum Gasteiger partial charge on any atom is -0.495 e. The van der Waals surface area contributed by atoms with Crippen molar-refractivity contribution < 1.29 is 32.4 Å². The monoisotopic (exact) mass is 383 g/mol. The molecule has 2 N–H and O–H groups in total. The second kappa shape index (κ2) is 7.72. The fourth-order valence-corrected chi connectivity index (χ4v) is 2.02. The van der Waals surface area contributed by atoms with E-state index < -0.39 is 28.5 Å². The summed E-state index contributed by atoms with van der Waals surface area (Å²) in [6.07, 6.45) is -4.53. The van der Waals surface area contributed by atoms with Crippen molar-refractivity contribution in [3.05, 3.63) is 58.1 Å². The smallest absolute Gasteiger partial charge is 0.416 e. The molecule has 0 spiro atoms. The molecule has 8 nitrogen and oxygen atoms in total. The third kappa shape index (κ3) is 4.93. The van der Waals surface area contributed by atoms with Crippen molar-refractivity contribution >= 4 is 28.9 Å². The van der Waals surface area contributed by atoms with E-state index in [1.165, 1.54) is 13.2 Å². The topological polar surface area (TPSA) is 111 Å². The summed E-state index contributed by atoms with van der Waals surface area (Å²) in [6.45, 7) is 0. The zero-order chi connectivity index (χ0) is 20.2. The maximum absolute atomic E-state index is 12.5. The van der Waals surface area contributed by atoms with Gasteiger partial charge in [-0.1, -0.05) is 0 Å². The van der Waals surface area contributed by atoms with Crippen molar-refractivity contribution in [2.75, 3.05) is 17.7 Å². The van der Waals surface area contributed by atoms with Gasteiger partial charge in [-0.25, -0.2) is 0 Å². The van der Waals surface area contributed by atoms with Gasteiger partial charge in [0, 0.05) is 17.8 Å². The number of halogens is 3. The number of ether oxygens (including phenoxy) is 1. The molecule has 0 saturated heterocycles. The Morgan fingerprint density at radius 2 is 1.63 bits per heavy atom. The molecule has 27 heavy (non-hydrogen) atoms. The predicted octanol–water partition coefficient (Wildman–Crippen LogP) is 3.20. The van der Waals surface area contributed by atoms with Crippen LogP contribution in [0.2, 0.25) is 0 Å².